The molecule has 1 atom stereocenters. The minimum atomic E-state index is 0.125. The molecule has 0 radical (unpaired) electrons. The molecule has 0 aliphatic rings. The fraction of sp³-hybridized carbons (Fsp3) is 0.538. The molecule has 0 bridgehead atoms. The van der Waals surface area contributed by atoms with E-state index in [4.69, 9.17) is 0 Å². The lowest BCUT2D eigenvalue weighted by Gasteiger charge is -2.17. The first-order chi connectivity index (χ1) is 9.47. The summed E-state index contributed by atoms with van der Waals surface area (Å²) >= 11 is 1.62. The lowest BCUT2D eigenvalue weighted by atomic mass is 10.2. The second kappa shape index (κ2) is 6.13. The van der Waals surface area contributed by atoms with E-state index < -0.39 is 0 Å². The van der Waals surface area contributed by atoms with Gasteiger partial charge in [-0.1, -0.05) is 13.8 Å². The minimum Gasteiger partial charge on any atom is -0.347 e. The average molecular weight is 292 g/mol. The van der Waals surface area contributed by atoms with Crippen LogP contribution in [0.4, 0.5) is 11.9 Å². The summed E-state index contributed by atoms with van der Waals surface area (Å²) in [5, 5.41) is 3.32. The normalized spacial score (nSPS) is 12.5. The summed E-state index contributed by atoms with van der Waals surface area (Å²) in [6.45, 7) is 6.22. The third-order valence-corrected chi connectivity index (χ3v) is 3.74. The highest BCUT2D eigenvalue weighted by Crippen LogP contribution is 2.22. The summed E-state index contributed by atoms with van der Waals surface area (Å²) in [5.41, 5.74) is 1.83. The second-order valence-corrected chi connectivity index (χ2v) is 6.05. The molecule has 0 amide bonds. The number of nitrogens with one attached hydrogen (secondary N) is 1. The van der Waals surface area contributed by atoms with Crippen molar-refractivity contribution in [3.8, 4) is 0 Å². The van der Waals surface area contributed by atoms with Crippen molar-refractivity contribution in [2.75, 3.05) is 24.3 Å². The molecule has 0 aromatic carbocycles. The lowest BCUT2D eigenvalue weighted by molar-refractivity contribution is 0.747. The number of anilines is 2. The van der Waals surface area contributed by atoms with E-state index in [1.807, 2.05) is 30.7 Å². The van der Waals surface area contributed by atoms with Crippen LogP contribution < -0.4 is 10.2 Å². The number of aromatic nitrogens is 4. The van der Waals surface area contributed by atoms with Gasteiger partial charge >= 0.3 is 0 Å². The zero-order chi connectivity index (χ0) is 14.7. The van der Waals surface area contributed by atoms with E-state index in [0.717, 1.165) is 10.7 Å². The quantitative estimate of drug-likeness (QED) is 0.914. The van der Waals surface area contributed by atoms with Gasteiger partial charge in [-0.3, -0.25) is 4.98 Å². The van der Waals surface area contributed by atoms with Gasteiger partial charge in [0, 0.05) is 31.1 Å². The highest BCUT2D eigenvalue weighted by atomic mass is 32.1. The van der Waals surface area contributed by atoms with Crippen molar-refractivity contribution in [1.29, 1.82) is 0 Å². The summed E-state index contributed by atoms with van der Waals surface area (Å²) in [6, 6.07) is 0.125. The standard InChI is InChI=1S/C13H20N6S/c1-8(2)11-16-12(18-13(17-11)19(4)5)15-9(3)10-6-14-7-20-10/h6-9H,1-5H3,(H,15,16,17,18)/t9-/m0/s1. The third-order valence-electron chi connectivity index (χ3n) is 2.78. The molecule has 0 aliphatic carbocycles. The van der Waals surface area contributed by atoms with Crippen LogP contribution in [0, 0.1) is 0 Å². The van der Waals surface area contributed by atoms with E-state index in [0.29, 0.717) is 11.9 Å². The van der Waals surface area contributed by atoms with Gasteiger partial charge in [-0.2, -0.15) is 15.0 Å². The molecule has 0 spiro atoms. The van der Waals surface area contributed by atoms with Gasteiger partial charge in [-0.05, 0) is 6.92 Å². The molecule has 2 heterocycles. The molecule has 20 heavy (non-hydrogen) atoms. The molecule has 0 saturated carbocycles. The number of rotatable bonds is 5. The number of nitrogens with zero attached hydrogens (tertiary/aromatic N) is 5. The third kappa shape index (κ3) is 3.41. The van der Waals surface area contributed by atoms with Crippen molar-refractivity contribution >= 4 is 23.2 Å². The predicted molar refractivity (Wildman–Crippen MR) is 82.4 cm³/mol. The van der Waals surface area contributed by atoms with Gasteiger partial charge in [0.25, 0.3) is 0 Å². The Morgan fingerprint density at radius 3 is 2.45 bits per heavy atom. The molecule has 2 aromatic rings. The van der Waals surface area contributed by atoms with Crippen molar-refractivity contribution < 1.29 is 0 Å². The van der Waals surface area contributed by atoms with E-state index in [1.165, 1.54) is 0 Å². The fourth-order valence-electron chi connectivity index (χ4n) is 1.61. The van der Waals surface area contributed by atoms with E-state index in [1.54, 1.807) is 11.3 Å². The SMILES string of the molecule is CC(C)c1nc(N[C@@H](C)c2cncs2)nc(N(C)C)n1. The molecular weight excluding hydrogens is 272 g/mol. The van der Waals surface area contributed by atoms with Crippen LogP contribution in [0.3, 0.4) is 0 Å². The van der Waals surface area contributed by atoms with Gasteiger partial charge in [0.1, 0.15) is 5.82 Å². The van der Waals surface area contributed by atoms with Crippen LogP contribution >= 0.6 is 11.3 Å². The fourth-order valence-corrected chi connectivity index (χ4v) is 2.24. The maximum atomic E-state index is 4.49. The highest BCUT2D eigenvalue weighted by molar-refractivity contribution is 7.09. The van der Waals surface area contributed by atoms with Gasteiger partial charge in [-0.25, -0.2) is 0 Å². The van der Waals surface area contributed by atoms with Crippen molar-refractivity contribution in [3.63, 3.8) is 0 Å². The van der Waals surface area contributed by atoms with Crippen molar-refractivity contribution in [3.05, 3.63) is 22.4 Å². The van der Waals surface area contributed by atoms with Gasteiger partial charge < -0.3 is 10.2 Å². The summed E-state index contributed by atoms with van der Waals surface area (Å²) in [4.78, 5) is 20.5. The lowest BCUT2D eigenvalue weighted by Crippen LogP contribution is -2.18. The van der Waals surface area contributed by atoms with Gasteiger partial charge in [-0.15, -0.1) is 11.3 Å². The van der Waals surface area contributed by atoms with E-state index in [-0.39, 0.29) is 12.0 Å². The Morgan fingerprint density at radius 1 is 1.15 bits per heavy atom. The first-order valence-corrected chi connectivity index (χ1v) is 7.43. The van der Waals surface area contributed by atoms with Crippen LogP contribution in [0.1, 0.15) is 43.4 Å². The summed E-state index contributed by atoms with van der Waals surface area (Å²) in [5.74, 6) is 2.33. The minimum absolute atomic E-state index is 0.125. The monoisotopic (exact) mass is 292 g/mol. The molecule has 6 nitrogen and oxygen atoms in total. The molecule has 0 fully saturated rings. The van der Waals surface area contributed by atoms with Gasteiger partial charge in [0.15, 0.2) is 0 Å². The number of thiazole rings is 1. The van der Waals surface area contributed by atoms with Crippen LogP contribution in [-0.4, -0.2) is 34.0 Å². The Morgan fingerprint density at radius 2 is 1.90 bits per heavy atom. The largest absolute Gasteiger partial charge is 0.347 e. The molecule has 2 aromatic heterocycles. The summed E-state index contributed by atoms with van der Waals surface area (Å²) in [7, 11) is 3.85. The zero-order valence-corrected chi connectivity index (χ0v) is 13.3. The zero-order valence-electron chi connectivity index (χ0n) is 12.5. The number of hydrogen-bond acceptors (Lipinski definition) is 7. The van der Waals surface area contributed by atoms with Crippen LogP contribution in [0.15, 0.2) is 11.7 Å². The number of hydrogen-bond donors (Lipinski definition) is 1. The first kappa shape index (κ1) is 14.6. The van der Waals surface area contributed by atoms with Crippen molar-refractivity contribution in [1.82, 2.24) is 19.9 Å². The Hall–Kier alpha value is -1.76. The second-order valence-electron chi connectivity index (χ2n) is 5.14. The van der Waals surface area contributed by atoms with E-state index in [9.17, 15) is 0 Å². The molecule has 0 unspecified atom stereocenters. The van der Waals surface area contributed by atoms with Crippen LogP contribution in [0.2, 0.25) is 0 Å². The predicted octanol–water partition coefficient (Wildman–Crippen LogP) is 2.69. The van der Waals surface area contributed by atoms with Gasteiger partial charge in [0.2, 0.25) is 11.9 Å². The van der Waals surface area contributed by atoms with E-state index >= 15 is 0 Å². The van der Waals surface area contributed by atoms with E-state index in [2.05, 4.69) is 46.0 Å². The Bertz CT molecular complexity index is 526. The molecule has 2 rings (SSSR count). The average Bonchev–Trinajstić information content (AvgIpc) is 2.92. The maximum absolute atomic E-state index is 4.49. The molecular formula is C13H20N6S. The highest BCUT2D eigenvalue weighted by Gasteiger charge is 2.14. The smallest absolute Gasteiger partial charge is 0.229 e. The van der Waals surface area contributed by atoms with Crippen molar-refractivity contribution in [2.45, 2.75) is 32.7 Å². The topological polar surface area (TPSA) is 66.8 Å². The van der Waals surface area contributed by atoms with Crippen LogP contribution in [0.5, 0.6) is 0 Å². The molecule has 7 heteroatoms. The summed E-state index contributed by atoms with van der Waals surface area (Å²) in [6.07, 6.45) is 1.86. The molecule has 0 saturated heterocycles. The summed E-state index contributed by atoms with van der Waals surface area (Å²) < 4.78 is 0. The van der Waals surface area contributed by atoms with Crippen LogP contribution in [0.25, 0.3) is 0 Å². The van der Waals surface area contributed by atoms with Crippen LogP contribution in [-0.2, 0) is 0 Å². The Kier molecular flexibility index (Phi) is 4.49. The Labute approximate surface area is 123 Å². The Balaban J connectivity index is 2.26. The molecule has 1 N–H and O–H groups in total. The molecule has 108 valence electrons. The molecule has 0 aliphatic heterocycles. The first-order valence-electron chi connectivity index (χ1n) is 6.55. The maximum Gasteiger partial charge on any atom is 0.229 e. The van der Waals surface area contributed by atoms with Gasteiger partial charge in [0.05, 0.1) is 11.6 Å². The van der Waals surface area contributed by atoms with Crippen molar-refractivity contribution in [2.24, 2.45) is 0 Å².